The molecule has 2 aliphatic rings. The fourth-order valence-corrected chi connectivity index (χ4v) is 5.73. The number of nitrogens with two attached hydrogens (primary N) is 1. The van der Waals surface area contributed by atoms with Crippen molar-refractivity contribution in [2.45, 2.75) is 25.4 Å². The van der Waals surface area contributed by atoms with Crippen LogP contribution in [0, 0.1) is 0 Å². The highest BCUT2D eigenvalue weighted by Gasteiger charge is 2.43. The molecule has 0 spiro atoms. The van der Waals surface area contributed by atoms with Gasteiger partial charge in [-0.1, -0.05) is 42.5 Å². The number of primary amides is 1. The molecule has 2 heterocycles. The number of methoxy groups -OCH3 is 2. The summed E-state index contributed by atoms with van der Waals surface area (Å²) in [7, 11) is 3.02. The average molecular weight is 543 g/mol. The van der Waals surface area contributed by atoms with Crippen molar-refractivity contribution < 1.29 is 23.9 Å². The van der Waals surface area contributed by atoms with E-state index in [4.69, 9.17) is 15.2 Å². The average Bonchev–Trinajstić information content (AvgIpc) is 3.24. The minimum atomic E-state index is -0.888. The minimum absolute atomic E-state index is 0.216. The zero-order chi connectivity index (χ0) is 28.4. The van der Waals surface area contributed by atoms with Crippen molar-refractivity contribution in [3.63, 3.8) is 0 Å². The van der Waals surface area contributed by atoms with Crippen molar-refractivity contribution in [3.8, 4) is 11.5 Å². The van der Waals surface area contributed by atoms with Crippen LogP contribution in [0.2, 0.25) is 0 Å². The Morgan fingerprint density at radius 1 is 0.850 bits per heavy atom. The zero-order valence-corrected chi connectivity index (χ0v) is 23.0. The van der Waals surface area contributed by atoms with Gasteiger partial charge >= 0.3 is 0 Å². The molecular weight excluding hydrogens is 508 g/mol. The van der Waals surface area contributed by atoms with Gasteiger partial charge in [-0.3, -0.25) is 24.2 Å². The fraction of sp³-hybridized carbons (Fsp3) is 0.323. The van der Waals surface area contributed by atoms with E-state index < -0.39 is 23.8 Å². The van der Waals surface area contributed by atoms with E-state index in [1.807, 2.05) is 12.1 Å². The number of ether oxygens (including phenoxy) is 2. The quantitative estimate of drug-likeness (QED) is 0.410. The first-order valence-electron chi connectivity index (χ1n) is 13.4. The van der Waals surface area contributed by atoms with Crippen molar-refractivity contribution in [2.75, 3.05) is 45.3 Å². The number of hydrogen-bond donors (Lipinski definition) is 1. The van der Waals surface area contributed by atoms with Gasteiger partial charge in [-0.2, -0.15) is 0 Å². The predicted molar refractivity (Wildman–Crippen MR) is 152 cm³/mol. The molecule has 0 radical (unpaired) electrons. The Balaban J connectivity index is 1.42. The summed E-state index contributed by atoms with van der Waals surface area (Å²) in [4.78, 5) is 45.5. The molecule has 3 aromatic rings. The summed E-state index contributed by atoms with van der Waals surface area (Å²) in [5, 5.41) is 0. The molecule has 0 saturated carbocycles. The number of rotatable bonds is 9. The van der Waals surface area contributed by atoms with E-state index in [0.29, 0.717) is 28.2 Å². The SMILES string of the molecule is COc1ccc(C(CC(N)=O)N2C(=O)c3cccc(N4CCN(C(C)c5ccccc5)CC4)c3C2=O)cc1OC. The first-order valence-corrected chi connectivity index (χ1v) is 13.4. The molecular formula is C31H34N4O5. The van der Waals surface area contributed by atoms with Gasteiger partial charge in [-0.25, -0.2) is 0 Å². The molecule has 9 nitrogen and oxygen atoms in total. The zero-order valence-electron chi connectivity index (χ0n) is 23.0. The second-order valence-corrected chi connectivity index (χ2v) is 10.1. The summed E-state index contributed by atoms with van der Waals surface area (Å²) in [6, 6.07) is 20.2. The minimum Gasteiger partial charge on any atom is -0.493 e. The normalized spacial score (nSPS) is 17.0. The Labute approximate surface area is 234 Å². The van der Waals surface area contributed by atoms with Crippen molar-refractivity contribution in [2.24, 2.45) is 5.73 Å². The highest BCUT2D eigenvalue weighted by molar-refractivity contribution is 6.24. The third-order valence-corrected chi connectivity index (χ3v) is 7.91. The second-order valence-electron chi connectivity index (χ2n) is 10.1. The summed E-state index contributed by atoms with van der Waals surface area (Å²) in [5.41, 5.74) is 8.84. The molecule has 2 atom stereocenters. The standard InChI is InChI=1S/C31H34N4O5/c1-20(21-8-5-4-6-9-21)33-14-16-34(17-15-33)24-11-7-10-23-29(24)31(38)35(30(23)37)25(19-28(32)36)22-12-13-26(39-2)27(18-22)40-3/h4-13,18,20,25H,14-17,19H2,1-3H3,(H2,32,36). The highest BCUT2D eigenvalue weighted by Crippen LogP contribution is 2.40. The van der Waals surface area contributed by atoms with E-state index in [1.54, 1.807) is 30.3 Å². The van der Waals surface area contributed by atoms with Crippen molar-refractivity contribution >= 4 is 23.4 Å². The van der Waals surface area contributed by atoms with Gasteiger partial charge in [0.05, 0.1) is 43.5 Å². The van der Waals surface area contributed by atoms with Crippen LogP contribution in [0.3, 0.4) is 0 Å². The Kier molecular flexibility index (Phi) is 7.75. The molecule has 1 fully saturated rings. The van der Waals surface area contributed by atoms with Crippen LogP contribution in [0.4, 0.5) is 5.69 Å². The molecule has 1 saturated heterocycles. The van der Waals surface area contributed by atoms with E-state index in [2.05, 4.69) is 41.0 Å². The molecule has 0 bridgehead atoms. The lowest BCUT2D eigenvalue weighted by atomic mass is 10.0. The second kappa shape index (κ2) is 11.4. The molecule has 0 aromatic heterocycles. The predicted octanol–water partition coefficient (Wildman–Crippen LogP) is 3.80. The fourth-order valence-electron chi connectivity index (χ4n) is 5.73. The van der Waals surface area contributed by atoms with Gasteiger partial charge in [0.25, 0.3) is 11.8 Å². The van der Waals surface area contributed by atoms with Crippen LogP contribution in [0.1, 0.15) is 57.3 Å². The Morgan fingerprint density at radius 3 is 2.20 bits per heavy atom. The summed E-state index contributed by atoms with van der Waals surface area (Å²) in [6.45, 7) is 5.28. The summed E-state index contributed by atoms with van der Waals surface area (Å²) in [6.07, 6.45) is -0.216. The Morgan fingerprint density at radius 2 is 1.55 bits per heavy atom. The smallest absolute Gasteiger partial charge is 0.264 e. The molecule has 40 heavy (non-hydrogen) atoms. The maximum absolute atomic E-state index is 14.0. The maximum atomic E-state index is 14.0. The van der Waals surface area contributed by atoms with Gasteiger partial charge < -0.3 is 20.1 Å². The summed E-state index contributed by atoms with van der Waals surface area (Å²) in [5.74, 6) is -0.583. The highest BCUT2D eigenvalue weighted by atomic mass is 16.5. The summed E-state index contributed by atoms with van der Waals surface area (Å²) >= 11 is 0. The van der Waals surface area contributed by atoms with E-state index in [9.17, 15) is 14.4 Å². The molecule has 9 heteroatoms. The molecule has 2 N–H and O–H groups in total. The molecule has 208 valence electrons. The van der Waals surface area contributed by atoms with Gasteiger partial charge in [0.2, 0.25) is 5.91 Å². The molecule has 0 aliphatic carbocycles. The first-order chi connectivity index (χ1) is 19.3. The molecule has 3 amide bonds. The Bertz CT molecular complexity index is 1420. The van der Waals surface area contributed by atoms with Crippen molar-refractivity contribution in [1.82, 2.24) is 9.80 Å². The number of fused-ring (bicyclic) bond motifs is 1. The van der Waals surface area contributed by atoms with Gasteiger partial charge in [-0.05, 0) is 42.3 Å². The molecule has 5 rings (SSSR count). The lowest BCUT2D eigenvalue weighted by Gasteiger charge is -2.39. The van der Waals surface area contributed by atoms with Crippen molar-refractivity contribution in [1.29, 1.82) is 0 Å². The molecule has 2 aliphatic heterocycles. The lowest BCUT2D eigenvalue weighted by molar-refractivity contribution is -0.118. The van der Waals surface area contributed by atoms with Crippen LogP contribution in [0.25, 0.3) is 0 Å². The third kappa shape index (κ3) is 5.00. The van der Waals surface area contributed by atoms with Crippen LogP contribution in [0.5, 0.6) is 11.5 Å². The third-order valence-electron chi connectivity index (χ3n) is 7.91. The lowest BCUT2D eigenvalue weighted by Crippen LogP contribution is -2.47. The number of piperazine rings is 1. The van der Waals surface area contributed by atoms with Gasteiger partial charge in [0, 0.05) is 32.2 Å². The monoisotopic (exact) mass is 542 g/mol. The number of benzene rings is 3. The van der Waals surface area contributed by atoms with E-state index in [1.165, 1.54) is 19.8 Å². The molecule has 2 unspecified atom stereocenters. The summed E-state index contributed by atoms with van der Waals surface area (Å²) < 4.78 is 10.7. The topological polar surface area (TPSA) is 105 Å². The van der Waals surface area contributed by atoms with Crippen LogP contribution in [0.15, 0.2) is 66.7 Å². The van der Waals surface area contributed by atoms with Crippen LogP contribution < -0.4 is 20.1 Å². The van der Waals surface area contributed by atoms with E-state index in [-0.39, 0.29) is 12.5 Å². The van der Waals surface area contributed by atoms with Crippen LogP contribution in [-0.2, 0) is 4.79 Å². The first kappa shape index (κ1) is 27.2. The number of nitrogens with zero attached hydrogens (tertiary/aromatic N) is 3. The number of anilines is 1. The van der Waals surface area contributed by atoms with E-state index >= 15 is 0 Å². The number of carbonyl (C=O) groups excluding carboxylic acids is 3. The van der Waals surface area contributed by atoms with Crippen LogP contribution in [-0.4, -0.2) is 67.9 Å². The van der Waals surface area contributed by atoms with Crippen molar-refractivity contribution in [3.05, 3.63) is 89.0 Å². The Hall–Kier alpha value is -4.37. The molecule has 3 aromatic carbocycles. The number of hydrogen-bond acceptors (Lipinski definition) is 7. The van der Waals surface area contributed by atoms with Gasteiger partial charge in [0.1, 0.15) is 0 Å². The van der Waals surface area contributed by atoms with Gasteiger partial charge in [-0.15, -0.1) is 0 Å². The number of amides is 3. The largest absolute Gasteiger partial charge is 0.493 e. The van der Waals surface area contributed by atoms with Gasteiger partial charge in [0.15, 0.2) is 11.5 Å². The van der Waals surface area contributed by atoms with E-state index in [0.717, 1.165) is 36.8 Å². The number of imide groups is 1. The maximum Gasteiger partial charge on any atom is 0.264 e. The number of carbonyl (C=O) groups is 3. The van der Waals surface area contributed by atoms with Crippen LogP contribution >= 0.6 is 0 Å².